The molecule has 0 aliphatic carbocycles. The molecule has 0 bridgehead atoms. The molecule has 0 saturated heterocycles. The van der Waals surface area contributed by atoms with Crippen LogP contribution in [0.15, 0.2) is 56.2 Å². The Morgan fingerprint density at radius 3 is 1.08 bits per heavy atom. The lowest BCUT2D eigenvalue weighted by Gasteiger charge is -2.23. The SMILES string of the molecule is C[n+]1ccn(CC(C)(Cn2cc[n+](C)c2)Cn2cc[n+](C)c2)c1.[Cl-].[Cl-].[Cl-]. The van der Waals surface area contributed by atoms with Crippen LogP contribution in [0.2, 0.25) is 0 Å². The van der Waals surface area contributed by atoms with E-state index in [0.717, 1.165) is 19.6 Å². The Morgan fingerprint density at radius 1 is 0.615 bits per heavy atom. The number of hydrogen-bond donors (Lipinski definition) is 0. The molecular weight excluding hydrogens is 395 g/mol. The van der Waals surface area contributed by atoms with Crippen LogP contribution in [0.4, 0.5) is 0 Å². The van der Waals surface area contributed by atoms with Gasteiger partial charge in [0.15, 0.2) is 0 Å². The van der Waals surface area contributed by atoms with Gasteiger partial charge in [-0.1, -0.05) is 0 Å². The zero-order valence-corrected chi connectivity index (χ0v) is 17.9. The lowest BCUT2D eigenvalue weighted by Crippen LogP contribution is -3.00. The molecule has 0 fully saturated rings. The van der Waals surface area contributed by atoms with E-state index in [1.54, 1.807) is 0 Å². The highest BCUT2D eigenvalue weighted by Crippen LogP contribution is 2.24. The molecule has 0 aliphatic heterocycles. The van der Waals surface area contributed by atoms with Crippen molar-refractivity contribution >= 4 is 0 Å². The Labute approximate surface area is 173 Å². The van der Waals surface area contributed by atoms with E-state index in [0.29, 0.717) is 0 Å². The van der Waals surface area contributed by atoms with Crippen LogP contribution in [-0.2, 0) is 40.8 Å². The van der Waals surface area contributed by atoms with E-state index in [-0.39, 0.29) is 42.6 Å². The van der Waals surface area contributed by atoms with Crippen molar-refractivity contribution in [2.45, 2.75) is 26.6 Å². The van der Waals surface area contributed by atoms with Crippen molar-refractivity contribution in [1.82, 2.24) is 13.7 Å². The van der Waals surface area contributed by atoms with Crippen LogP contribution >= 0.6 is 0 Å². The summed E-state index contributed by atoms with van der Waals surface area (Å²) in [5.41, 5.74) is 0.101. The second-order valence-corrected chi connectivity index (χ2v) is 7.06. The molecule has 0 radical (unpaired) electrons. The van der Waals surface area contributed by atoms with Gasteiger partial charge in [-0.05, 0) is 6.92 Å². The van der Waals surface area contributed by atoms with E-state index in [9.17, 15) is 0 Å². The summed E-state index contributed by atoms with van der Waals surface area (Å²) in [4.78, 5) is 0. The quantitative estimate of drug-likeness (QED) is 0.354. The molecule has 3 aromatic rings. The van der Waals surface area contributed by atoms with Gasteiger partial charge in [-0.3, -0.25) is 0 Å². The molecule has 3 rings (SSSR count). The van der Waals surface area contributed by atoms with Gasteiger partial charge in [0.2, 0.25) is 19.0 Å². The molecule has 3 aromatic heterocycles. The maximum Gasteiger partial charge on any atom is 0.243 e. The lowest BCUT2D eigenvalue weighted by molar-refractivity contribution is -0.671. The van der Waals surface area contributed by atoms with Gasteiger partial charge < -0.3 is 37.2 Å². The van der Waals surface area contributed by atoms with Gasteiger partial charge in [0.05, 0.1) is 26.6 Å². The first-order valence-electron chi connectivity index (χ1n) is 7.95. The summed E-state index contributed by atoms with van der Waals surface area (Å²) in [7, 11) is 6.18. The summed E-state index contributed by atoms with van der Waals surface area (Å²) in [6.07, 6.45) is 19.1. The molecule has 6 nitrogen and oxygen atoms in total. The number of aryl methyl sites for hydroxylation is 3. The fourth-order valence-electron chi connectivity index (χ4n) is 3.26. The molecular formula is C17H27Cl3N6. The summed E-state index contributed by atoms with van der Waals surface area (Å²) in [5, 5.41) is 0. The Kier molecular flexibility index (Phi) is 9.42. The first kappa shape index (κ1) is 24.5. The van der Waals surface area contributed by atoms with Gasteiger partial charge in [0, 0.05) is 0 Å². The van der Waals surface area contributed by atoms with Gasteiger partial charge in [0.1, 0.15) is 56.8 Å². The Morgan fingerprint density at radius 2 is 0.885 bits per heavy atom. The summed E-state index contributed by atoms with van der Waals surface area (Å²) < 4.78 is 13.1. The normalized spacial score (nSPS) is 10.6. The van der Waals surface area contributed by atoms with Gasteiger partial charge in [0.25, 0.3) is 0 Å². The number of aromatic nitrogens is 6. The number of nitrogens with zero attached hydrogens (tertiary/aromatic N) is 6. The molecule has 26 heavy (non-hydrogen) atoms. The van der Waals surface area contributed by atoms with Crippen LogP contribution in [0.5, 0.6) is 0 Å². The Bertz CT molecular complexity index is 689. The lowest BCUT2D eigenvalue weighted by atomic mass is 9.90. The summed E-state index contributed by atoms with van der Waals surface area (Å²) in [6, 6.07) is 0. The van der Waals surface area contributed by atoms with Gasteiger partial charge >= 0.3 is 0 Å². The van der Waals surface area contributed by atoms with Crippen molar-refractivity contribution in [1.29, 1.82) is 0 Å². The molecule has 0 aromatic carbocycles. The molecule has 0 saturated carbocycles. The summed E-state index contributed by atoms with van der Waals surface area (Å²) in [5.74, 6) is 0. The van der Waals surface area contributed by atoms with Crippen LogP contribution < -0.4 is 50.9 Å². The number of imidazole rings is 3. The standard InChI is InChI=1S/C17H27N6.3ClH/c1-17(11-21-8-5-18(2)14-21,12-22-9-6-19(3)15-22)13-23-10-7-20(4)16-23;;;/h5-10,14-16H,11-13H2,1-4H3;3*1H/q+3;;;/p-3. The van der Waals surface area contributed by atoms with Gasteiger partial charge in [-0.15, -0.1) is 0 Å². The van der Waals surface area contributed by atoms with E-state index in [2.05, 4.69) is 112 Å². The highest BCUT2D eigenvalue weighted by molar-refractivity contribution is 4.83. The highest BCUT2D eigenvalue weighted by Gasteiger charge is 2.33. The van der Waals surface area contributed by atoms with Crippen molar-refractivity contribution in [3.63, 3.8) is 0 Å². The minimum atomic E-state index is 0. The third-order valence-electron chi connectivity index (χ3n) is 4.16. The van der Waals surface area contributed by atoms with E-state index in [1.807, 2.05) is 0 Å². The minimum Gasteiger partial charge on any atom is -1.00 e. The average Bonchev–Trinajstić information content (AvgIpc) is 3.14. The average molecular weight is 422 g/mol. The smallest absolute Gasteiger partial charge is 0.243 e. The number of halogens is 3. The molecule has 0 unspecified atom stereocenters. The number of rotatable bonds is 6. The van der Waals surface area contributed by atoms with Gasteiger partial charge in [-0.2, -0.15) is 0 Å². The molecule has 0 atom stereocenters. The zero-order chi connectivity index (χ0) is 16.4. The molecule has 0 N–H and O–H groups in total. The van der Waals surface area contributed by atoms with Crippen LogP contribution in [0, 0.1) is 5.41 Å². The molecule has 0 spiro atoms. The molecule has 9 heteroatoms. The maximum absolute atomic E-state index is 2.35. The number of hydrogen-bond acceptors (Lipinski definition) is 0. The Balaban J connectivity index is 0.00000208. The third-order valence-corrected chi connectivity index (χ3v) is 4.16. The molecule has 0 amide bonds. The van der Waals surface area contributed by atoms with E-state index < -0.39 is 0 Å². The minimum absolute atomic E-state index is 0. The van der Waals surface area contributed by atoms with Crippen LogP contribution in [0.25, 0.3) is 0 Å². The summed E-state index contributed by atoms with van der Waals surface area (Å²) >= 11 is 0. The highest BCUT2D eigenvalue weighted by atomic mass is 35.5. The molecule has 0 aliphatic rings. The largest absolute Gasteiger partial charge is 1.00 e. The fourth-order valence-corrected chi connectivity index (χ4v) is 3.26. The van der Waals surface area contributed by atoms with E-state index in [1.165, 1.54) is 0 Å². The van der Waals surface area contributed by atoms with Crippen LogP contribution in [-0.4, -0.2) is 13.7 Å². The second-order valence-electron chi connectivity index (χ2n) is 7.06. The predicted octanol–water partition coefficient (Wildman–Crippen LogP) is -9.02. The topological polar surface area (TPSA) is 26.4 Å². The second kappa shape index (κ2) is 10.00. The molecule has 146 valence electrons. The Hall–Kier alpha value is -1.50. The van der Waals surface area contributed by atoms with E-state index >= 15 is 0 Å². The molecule has 3 heterocycles. The van der Waals surface area contributed by atoms with Crippen molar-refractivity contribution in [3.8, 4) is 0 Å². The van der Waals surface area contributed by atoms with Crippen molar-refractivity contribution in [3.05, 3.63) is 56.2 Å². The van der Waals surface area contributed by atoms with E-state index in [4.69, 9.17) is 0 Å². The first-order valence-corrected chi connectivity index (χ1v) is 7.95. The van der Waals surface area contributed by atoms with Crippen molar-refractivity contribution in [2.24, 2.45) is 26.6 Å². The van der Waals surface area contributed by atoms with Crippen molar-refractivity contribution in [2.75, 3.05) is 0 Å². The predicted molar refractivity (Wildman–Crippen MR) is 84.9 cm³/mol. The van der Waals surface area contributed by atoms with Crippen molar-refractivity contribution < 1.29 is 50.9 Å². The first-order chi connectivity index (χ1) is 10.9. The van der Waals surface area contributed by atoms with Crippen LogP contribution in [0.3, 0.4) is 0 Å². The van der Waals surface area contributed by atoms with Crippen LogP contribution in [0.1, 0.15) is 6.92 Å². The van der Waals surface area contributed by atoms with Gasteiger partial charge in [-0.25, -0.2) is 27.4 Å². The fraction of sp³-hybridized carbons (Fsp3) is 0.471. The maximum atomic E-state index is 2.35. The monoisotopic (exact) mass is 420 g/mol. The third kappa shape index (κ3) is 6.34. The summed E-state index contributed by atoms with van der Waals surface area (Å²) in [6.45, 7) is 5.26. The zero-order valence-electron chi connectivity index (χ0n) is 15.6.